The van der Waals surface area contributed by atoms with E-state index in [2.05, 4.69) is 10.2 Å². The quantitative estimate of drug-likeness (QED) is 0.816. The number of nitrogens with one attached hydrogen (secondary N) is 1. The molecule has 0 saturated carbocycles. The molecule has 4 heteroatoms. The number of ether oxygens (including phenoxy) is 1. The van der Waals surface area contributed by atoms with Gasteiger partial charge in [0, 0.05) is 12.6 Å². The average Bonchev–Trinajstić information content (AvgIpc) is 2.30. The first-order valence-corrected chi connectivity index (χ1v) is 5.71. The number of likely N-dealkylation sites (N-methyl/N-ethyl adjacent to an activating group) is 2. The van der Waals surface area contributed by atoms with Gasteiger partial charge in [-0.05, 0) is 39.2 Å². The third kappa shape index (κ3) is 3.98. The Morgan fingerprint density at radius 2 is 2.12 bits per heavy atom. The third-order valence-corrected chi connectivity index (χ3v) is 2.72. The van der Waals surface area contributed by atoms with Gasteiger partial charge in [0.1, 0.15) is 0 Å². The molecule has 1 rings (SSSR count). The highest BCUT2D eigenvalue weighted by molar-refractivity contribution is 5.31. The zero-order chi connectivity index (χ0) is 12.8. The fraction of sp³-hybridized carbons (Fsp3) is 0.538. The molecular weight excluding hydrogens is 219 g/mol. The normalized spacial score (nSPS) is 12.8. The maximum atomic E-state index is 13.9. The molecule has 0 aromatic heterocycles. The first kappa shape index (κ1) is 13.9. The number of benzene rings is 1. The van der Waals surface area contributed by atoms with Gasteiger partial charge in [0.05, 0.1) is 7.11 Å². The lowest BCUT2D eigenvalue weighted by molar-refractivity contribution is 0.342. The summed E-state index contributed by atoms with van der Waals surface area (Å²) in [4.78, 5) is 2.08. The van der Waals surface area contributed by atoms with Crippen LogP contribution < -0.4 is 10.1 Å². The minimum atomic E-state index is -0.256. The fourth-order valence-electron chi connectivity index (χ4n) is 1.84. The number of hydrogen-bond acceptors (Lipinski definition) is 3. The summed E-state index contributed by atoms with van der Waals surface area (Å²) in [5, 5.41) is 3.20. The van der Waals surface area contributed by atoms with Crippen molar-refractivity contribution in [1.82, 2.24) is 10.2 Å². The van der Waals surface area contributed by atoms with E-state index >= 15 is 0 Å². The van der Waals surface area contributed by atoms with Gasteiger partial charge in [0.2, 0.25) is 0 Å². The summed E-state index contributed by atoms with van der Waals surface area (Å²) in [5.74, 6) is 0.0520. The van der Waals surface area contributed by atoms with Crippen LogP contribution >= 0.6 is 0 Å². The van der Waals surface area contributed by atoms with Crippen molar-refractivity contribution in [3.8, 4) is 5.75 Å². The molecule has 0 aliphatic heterocycles. The summed E-state index contributed by atoms with van der Waals surface area (Å²) in [6.45, 7) is 0.868. The average molecular weight is 240 g/mol. The van der Waals surface area contributed by atoms with Crippen LogP contribution in [-0.2, 0) is 6.42 Å². The Morgan fingerprint density at radius 1 is 1.41 bits per heavy atom. The molecule has 1 aromatic rings. The summed E-state index contributed by atoms with van der Waals surface area (Å²) in [6, 6.07) is 5.49. The highest BCUT2D eigenvalue weighted by Crippen LogP contribution is 2.21. The zero-order valence-electron chi connectivity index (χ0n) is 11.0. The Morgan fingerprint density at radius 3 is 2.65 bits per heavy atom. The molecular formula is C13H21FN2O. The predicted molar refractivity (Wildman–Crippen MR) is 68.1 cm³/mol. The van der Waals surface area contributed by atoms with Crippen molar-refractivity contribution in [2.24, 2.45) is 0 Å². The topological polar surface area (TPSA) is 24.5 Å². The molecule has 0 heterocycles. The van der Waals surface area contributed by atoms with Gasteiger partial charge in [-0.2, -0.15) is 0 Å². The SMILES string of the molecule is CNC(Cc1cccc(OC)c1F)CN(C)C. The van der Waals surface area contributed by atoms with Crippen LogP contribution in [-0.4, -0.2) is 45.7 Å². The van der Waals surface area contributed by atoms with Gasteiger partial charge in [0.15, 0.2) is 11.6 Å². The Balaban J connectivity index is 2.79. The number of hydrogen-bond donors (Lipinski definition) is 1. The van der Waals surface area contributed by atoms with Crippen molar-refractivity contribution >= 4 is 0 Å². The first-order chi connectivity index (χ1) is 8.08. The van der Waals surface area contributed by atoms with E-state index in [9.17, 15) is 4.39 Å². The first-order valence-electron chi connectivity index (χ1n) is 5.71. The monoisotopic (exact) mass is 240 g/mol. The molecule has 0 aliphatic rings. The number of halogens is 1. The summed E-state index contributed by atoms with van der Waals surface area (Å²) in [5.41, 5.74) is 0.686. The molecule has 96 valence electrons. The van der Waals surface area contributed by atoms with E-state index in [1.807, 2.05) is 27.2 Å². The maximum Gasteiger partial charge on any atom is 0.168 e. The van der Waals surface area contributed by atoms with E-state index in [1.165, 1.54) is 7.11 Å². The van der Waals surface area contributed by atoms with E-state index < -0.39 is 0 Å². The molecule has 0 amide bonds. The number of methoxy groups -OCH3 is 1. The second kappa shape index (κ2) is 6.57. The van der Waals surface area contributed by atoms with Crippen molar-refractivity contribution in [3.63, 3.8) is 0 Å². The minimum Gasteiger partial charge on any atom is -0.494 e. The van der Waals surface area contributed by atoms with Crippen LogP contribution in [0.3, 0.4) is 0 Å². The Bertz CT molecular complexity index is 355. The smallest absolute Gasteiger partial charge is 0.168 e. The van der Waals surface area contributed by atoms with Crippen molar-refractivity contribution in [1.29, 1.82) is 0 Å². The Labute approximate surface area is 103 Å². The van der Waals surface area contributed by atoms with Crippen LogP contribution in [0.4, 0.5) is 4.39 Å². The Hall–Kier alpha value is -1.13. The summed E-state index contributed by atoms with van der Waals surface area (Å²) in [6.07, 6.45) is 0.651. The molecule has 1 unspecified atom stereocenters. The second-order valence-corrected chi connectivity index (χ2v) is 4.39. The van der Waals surface area contributed by atoms with Gasteiger partial charge in [-0.25, -0.2) is 4.39 Å². The van der Waals surface area contributed by atoms with Crippen molar-refractivity contribution in [2.45, 2.75) is 12.5 Å². The third-order valence-electron chi connectivity index (χ3n) is 2.72. The van der Waals surface area contributed by atoms with E-state index in [1.54, 1.807) is 12.1 Å². The molecule has 0 bridgehead atoms. The lowest BCUT2D eigenvalue weighted by atomic mass is 10.0. The van der Waals surface area contributed by atoms with E-state index in [4.69, 9.17) is 4.74 Å². The van der Waals surface area contributed by atoms with Crippen LogP contribution in [0.2, 0.25) is 0 Å². The van der Waals surface area contributed by atoms with Gasteiger partial charge in [-0.1, -0.05) is 12.1 Å². The largest absolute Gasteiger partial charge is 0.494 e. The molecule has 0 aliphatic carbocycles. The van der Waals surface area contributed by atoms with Crippen LogP contribution in [0.5, 0.6) is 5.75 Å². The van der Waals surface area contributed by atoms with Crippen LogP contribution in [0.25, 0.3) is 0 Å². The van der Waals surface area contributed by atoms with Gasteiger partial charge < -0.3 is 15.0 Å². The molecule has 1 atom stereocenters. The molecule has 0 saturated heterocycles. The molecule has 17 heavy (non-hydrogen) atoms. The standard InChI is InChI=1S/C13H21FN2O/c1-15-11(9-16(2)3)8-10-6-5-7-12(17-4)13(10)14/h5-7,11,15H,8-9H2,1-4H3. The van der Waals surface area contributed by atoms with Gasteiger partial charge >= 0.3 is 0 Å². The zero-order valence-corrected chi connectivity index (χ0v) is 11.0. The molecule has 0 spiro atoms. The highest BCUT2D eigenvalue weighted by Gasteiger charge is 2.14. The molecule has 3 nitrogen and oxygen atoms in total. The second-order valence-electron chi connectivity index (χ2n) is 4.39. The molecule has 1 N–H and O–H groups in total. The fourth-order valence-corrected chi connectivity index (χ4v) is 1.84. The van der Waals surface area contributed by atoms with E-state index in [-0.39, 0.29) is 11.9 Å². The number of rotatable bonds is 6. The van der Waals surface area contributed by atoms with Gasteiger partial charge in [-0.3, -0.25) is 0 Å². The maximum absolute atomic E-state index is 13.9. The molecule has 0 fully saturated rings. The van der Waals surface area contributed by atoms with E-state index in [0.29, 0.717) is 17.7 Å². The summed E-state index contributed by atoms with van der Waals surface area (Å²) >= 11 is 0. The highest BCUT2D eigenvalue weighted by atomic mass is 19.1. The lowest BCUT2D eigenvalue weighted by Crippen LogP contribution is -2.37. The minimum absolute atomic E-state index is 0.228. The Kier molecular flexibility index (Phi) is 5.38. The van der Waals surface area contributed by atoms with E-state index in [0.717, 1.165) is 6.54 Å². The lowest BCUT2D eigenvalue weighted by Gasteiger charge is -2.21. The summed E-state index contributed by atoms with van der Waals surface area (Å²) < 4.78 is 18.9. The van der Waals surface area contributed by atoms with Crippen LogP contribution in [0.15, 0.2) is 18.2 Å². The van der Waals surface area contributed by atoms with Crippen molar-refractivity contribution < 1.29 is 9.13 Å². The molecule has 1 aromatic carbocycles. The predicted octanol–water partition coefficient (Wildman–Crippen LogP) is 1.53. The van der Waals surface area contributed by atoms with Gasteiger partial charge in [0.25, 0.3) is 0 Å². The summed E-state index contributed by atoms with van der Waals surface area (Å²) in [7, 11) is 7.39. The van der Waals surface area contributed by atoms with Crippen molar-refractivity contribution in [2.75, 3.05) is 34.8 Å². The van der Waals surface area contributed by atoms with Crippen LogP contribution in [0.1, 0.15) is 5.56 Å². The number of nitrogens with zero attached hydrogens (tertiary/aromatic N) is 1. The van der Waals surface area contributed by atoms with Crippen LogP contribution in [0, 0.1) is 5.82 Å². The van der Waals surface area contributed by atoms with Crippen molar-refractivity contribution in [3.05, 3.63) is 29.6 Å². The molecule has 0 radical (unpaired) electrons. The van der Waals surface area contributed by atoms with Gasteiger partial charge in [-0.15, -0.1) is 0 Å².